The zero-order chi connectivity index (χ0) is 15.5. The highest BCUT2D eigenvalue weighted by Gasteiger charge is 2.11. The van der Waals surface area contributed by atoms with Crippen molar-refractivity contribution in [2.24, 2.45) is 0 Å². The summed E-state index contributed by atoms with van der Waals surface area (Å²) in [4.78, 5) is 4.61. The average molecular weight is 320 g/mol. The van der Waals surface area contributed by atoms with Crippen LogP contribution in [0.5, 0.6) is 0 Å². The molecule has 7 heteroatoms. The summed E-state index contributed by atoms with van der Waals surface area (Å²) >= 11 is 0. The molecule has 1 aromatic heterocycles. The maximum absolute atomic E-state index is 12.3. The van der Waals surface area contributed by atoms with Crippen LogP contribution in [0.2, 0.25) is 0 Å². The van der Waals surface area contributed by atoms with Crippen molar-refractivity contribution in [3.63, 3.8) is 0 Å². The van der Waals surface area contributed by atoms with Crippen molar-refractivity contribution >= 4 is 20.6 Å². The van der Waals surface area contributed by atoms with E-state index < -0.39 is 20.6 Å². The quantitative estimate of drug-likeness (QED) is 0.855. The summed E-state index contributed by atoms with van der Waals surface area (Å²) in [6, 6.07) is 11.2. The Hall–Kier alpha value is -2.04. The van der Waals surface area contributed by atoms with Gasteiger partial charge in [0, 0.05) is 22.9 Å². The molecule has 1 unspecified atom stereocenters. The number of nitrogens with zero attached hydrogens (tertiary/aromatic N) is 2. The van der Waals surface area contributed by atoms with Crippen molar-refractivity contribution in [3.05, 3.63) is 53.9 Å². The zero-order valence-corrected chi connectivity index (χ0v) is 12.8. The molecule has 21 heavy (non-hydrogen) atoms. The van der Waals surface area contributed by atoms with E-state index in [4.69, 9.17) is 5.26 Å². The van der Waals surface area contributed by atoms with Crippen LogP contribution in [0.1, 0.15) is 11.3 Å². The summed E-state index contributed by atoms with van der Waals surface area (Å²) in [6.45, 7) is 0. The molecule has 0 aliphatic carbocycles. The summed E-state index contributed by atoms with van der Waals surface area (Å²) in [7, 11) is -4.63. The molecule has 5 nitrogen and oxygen atoms in total. The molecule has 0 bridgehead atoms. The van der Waals surface area contributed by atoms with Gasteiger partial charge >= 0.3 is 0 Å². The Kier molecular flexibility index (Phi) is 4.50. The van der Waals surface area contributed by atoms with Crippen molar-refractivity contribution in [3.8, 4) is 6.07 Å². The largest absolute Gasteiger partial charge is 0.254 e. The van der Waals surface area contributed by atoms with Gasteiger partial charge in [0.15, 0.2) is 9.84 Å². The predicted molar refractivity (Wildman–Crippen MR) is 78.6 cm³/mol. The van der Waals surface area contributed by atoms with Gasteiger partial charge in [-0.05, 0) is 30.3 Å². The van der Waals surface area contributed by atoms with Crippen molar-refractivity contribution in [2.45, 2.75) is 15.5 Å². The number of rotatable bonds is 4. The van der Waals surface area contributed by atoms with Gasteiger partial charge in [-0.3, -0.25) is 4.21 Å². The summed E-state index contributed by atoms with van der Waals surface area (Å²) in [5.74, 6) is 0.162. The Bertz CT molecular complexity index is 822. The Morgan fingerprint density at radius 2 is 1.90 bits per heavy atom. The number of benzene rings is 1. The first-order valence-corrected chi connectivity index (χ1v) is 9.15. The molecule has 1 atom stereocenters. The van der Waals surface area contributed by atoms with Crippen LogP contribution in [0, 0.1) is 11.3 Å². The van der Waals surface area contributed by atoms with E-state index in [1.54, 1.807) is 12.1 Å². The first kappa shape index (κ1) is 15.4. The first-order valence-electron chi connectivity index (χ1n) is 5.94. The molecule has 108 valence electrons. The Labute approximate surface area is 125 Å². The van der Waals surface area contributed by atoms with Crippen LogP contribution < -0.4 is 0 Å². The molecule has 2 rings (SSSR count). The SMILES string of the molecule is CS(=O)(=O)c1ccc(S(=O)Cc2cccnc2C#N)cc1. The van der Waals surface area contributed by atoms with Gasteiger partial charge in [-0.2, -0.15) is 5.26 Å². The van der Waals surface area contributed by atoms with Crippen molar-refractivity contribution in [1.29, 1.82) is 5.26 Å². The van der Waals surface area contributed by atoms with Crippen molar-refractivity contribution < 1.29 is 12.6 Å². The monoisotopic (exact) mass is 320 g/mol. The standard InChI is InChI=1S/C14H12N2O3S2/c1-21(18,19)13-6-4-12(5-7-13)20(17)10-11-3-2-8-16-14(11)9-15/h2-8H,10H2,1H3. The van der Waals surface area contributed by atoms with E-state index in [0.29, 0.717) is 10.5 Å². The summed E-state index contributed by atoms with van der Waals surface area (Å²) < 4.78 is 35.0. The van der Waals surface area contributed by atoms with Gasteiger partial charge in [0.05, 0.1) is 21.4 Å². The third kappa shape index (κ3) is 3.74. The lowest BCUT2D eigenvalue weighted by atomic mass is 10.2. The molecule has 0 saturated heterocycles. The minimum Gasteiger partial charge on any atom is -0.254 e. The number of hydrogen-bond acceptors (Lipinski definition) is 5. The highest BCUT2D eigenvalue weighted by atomic mass is 32.2. The summed E-state index contributed by atoms with van der Waals surface area (Å²) in [5, 5.41) is 8.95. The third-order valence-electron chi connectivity index (χ3n) is 2.80. The fourth-order valence-corrected chi connectivity index (χ4v) is 3.47. The fraction of sp³-hybridized carbons (Fsp3) is 0.143. The molecule has 0 saturated carbocycles. The van der Waals surface area contributed by atoms with E-state index in [1.807, 2.05) is 6.07 Å². The molecule has 0 aliphatic heterocycles. The molecule has 0 spiro atoms. The van der Waals surface area contributed by atoms with Gasteiger partial charge in [-0.15, -0.1) is 0 Å². The van der Waals surface area contributed by atoms with Crippen LogP contribution in [0.25, 0.3) is 0 Å². The second-order valence-electron chi connectivity index (χ2n) is 4.36. The van der Waals surface area contributed by atoms with Gasteiger partial charge < -0.3 is 0 Å². The lowest BCUT2D eigenvalue weighted by Gasteiger charge is -2.05. The van der Waals surface area contributed by atoms with Gasteiger partial charge in [-0.25, -0.2) is 13.4 Å². The number of aromatic nitrogens is 1. The lowest BCUT2D eigenvalue weighted by Crippen LogP contribution is -2.01. The second-order valence-corrected chi connectivity index (χ2v) is 7.82. The van der Waals surface area contributed by atoms with E-state index in [9.17, 15) is 12.6 Å². The normalized spacial score (nSPS) is 12.6. The van der Waals surface area contributed by atoms with Gasteiger partial charge in [-0.1, -0.05) is 6.07 Å². The molecule has 0 aliphatic rings. The maximum atomic E-state index is 12.3. The van der Waals surface area contributed by atoms with Crippen LogP contribution >= 0.6 is 0 Å². The molecule has 0 radical (unpaired) electrons. The summed E-state index contributed by atoms with van der Waals surface area (Å²) in [6.07, 6.45) is 2.62. The molecule has 0 amide bonds. The molecular formula is C14H12N2O3S2. The minimum atomic E-state index is -3.27. The highest BCUT2D eigenvalue weighted by molar-refractivity contribution is 7.90. The first-order chi connectivity index (χ1) is 9.91. The molecule has 1 heterocycles. The van der Waals surface area contributed by atoms with E-state index in [-0.39, 0.29) is 16.3 Å². The van der Waals surface area contributed by atoms with E-state index >= 15 is 0 Å². The predicted octanol–water partition coefficient (Wildman–Crippen LogP) is 1.66. The Morgan fingerprint density at radius 3 is 2.48 bits per heavy atom. The molecule has 2 aromatic rings. The molecule has 0 N–H and O–H groups in total. The van der Waals surface area contributed by atoms with Crippen LogP contribution in [-0.4, -0.2) is 23.9 Å². The molecule has 0 fully saturated rings. The smallest absolute Gasteiger partial charge is 0.175 e. The van der Waals surface area contributed by atoms with E-state index in [0.717, 1.165) is 6.26 Å². The van der Waals surface area contributed by atoms with Crippen LogP contribution in [0.15, 0.2) is 52.4 Å². The van der Waals surface area contributed by atoms with E-state index in [1.165, 1.54) is 30.5 Å². The number of pyridine rings is 1. The Morgan fingerprint density at radius 1 is 1.24 bits per heavy atom. The van der Waals surface area contributed by atoms with Gasteiger partial charge in [0.25, 0.3) is 0 Å². The van der Waals surface area contributed by atoms with Crippen LogP contribution in [0.3, 0.4) is 0 Å². The number of nitriles is 1. The molecular weight excluding hydrogens is 308 g/mol. The fourth-order valence-electron chi connectivity index (χ4n) is 1.72. The van der Waals surface area contributed by atoms with Crippen LogP contribution in [-0.2, 0) is 26.4 Å². The number of hydrogen-bond donors (Lipinski definition) is 0. The Balaban J connectivity index is 2.24. The third-order valence-corrected chi connectivity index (χ3v) is 5.30. The molecule has 1 aromatic carbocycles. The van der Waals surface area contributed by atoms with Gasteiger partial charge in [0.2, 0.25) is 0 Å². The van der Waals surface area contributed by atoms with Crippen LogP contribution in [0.4, 0.5) is 0 Å². The maximum Gasteiger partial charge on any atom is 0.175 e. The second kappa shape index (κ2) is 6.16. The highest BCUT2D eigenvalue weighted by Crippen LogP contribution is 2.17. The summed E-state index contributed by atoms with van der Waals surface area (Å²) in [5.41, 5.74) is 0.851. The van der Waals surface area contributed by atoms with Crippen molar-refractivity contribution in [1.82, 2.24) is 4.98 Å². The zero-order valence-electron chi connectivity index (χ0n) is 11.2. The van der Waals surface area contributed by atoms with Gasteiger partial charge in [0.1, 0.15) is 11.8 Å². The van der Waals surface area contributed by atoms with Crippen molar-refractivity contribution in [2.75, 3.05) is 6.26 Å². The number of sulfone groups is 1. The minimum absolute atomic E-state index is 0.162. The lowest BCUT2D eigenvalue weighted by molar-refractivity contribution is 0.601. The average Bonchev–Trinajstić information content (AvgIpc) is 2.47. The topological polar surface area (TPSA) is 87.9 Å². The van der Waals surface area contributed by atoms with E-state index in [2.05, 4.69) is 4.98 Å².